The van der Waals surface area contributed by atoms with E-state index in [-0.39, 0.29) is 12.5 Å². The molecule has 0 radical (unpaired) electrons. The van der Waals surface area contributed by atoms with Crippen molar-refractivity contribution in [3.05, 3.63) is 36.0 Å². The number of benzene rings is 1. The number of nitrogens with one attached hydrogen (secondary N) is 1. The summed E-state index contributed by atoms with van der Waals surface area (Å²) in [6, 6.07) is 7.91. The van der Waals surface area contributed by atoms with Gasteiger partial charge < -0.3 is 15.0 Å². The van der Waals surface area contributed by atoms with Crippen molar-refractivity contribution in [3.63, 3.8) is 0 Å². The van der Waals surface area contributed by atoms with Crippen LogP contribution in [0.2, 0.25) is 0 Å². The van der Waals surface area contributed by atoms with Crippen molar-refractivity contribution in [1.29, 1.82) is 0 Å². The molecular weight excluding hydrogens is 340 g/mol. The van der Waals surface area contributed by atoms with Gasteiger partial charge in [0, 0.05) is 24.2 Å². The van der Waals surface area contributed by atoms with Crippen molar-refractivity contribution in [2.24, 2.45) is 5.92 Å². The minimum atomic E-state index is 0.0110. The topological polar surface area (TPSA) is 59.4 Å². The van der Waals surface area contributed by atoms with Gasteiger partial charge in [-0.05, 0) is 50.4 Å². The van der Waals surface area contributed by atoms with Crippen LogP contribution in [0, 0.1) is 5.92 Å². The molecule has 1 atom stereocenters. The third kappa shape index (κ3) is 4.16. The fourth-order valence-corrected chi connectivity index (χ4v) is 4.12. The summed E-state index contributed by atoms with van der Waals surface area (Å²) in [5.41, 5.74) is 3.03. The highest BCUT2D eigenvalue weighted by molar-refractivity contribution is 5.78. The number of amides is 1. The van der Waals surface area contributed by atoms with Crippen LogP contribution in [0.1, 0.15) is 31.7 Å². The highest BCUT2D eigenvalue weighted by atomic mass is 16.5. The molecule has 1 unspecified atom stereocenters. The number of hydrogen-bond donors (Lipinski definition) is 1. The molecule has 6 nitrogen and oxygen atoms in total. The lowest BCUT2D eigenvalue weighted by Gasteiger charge is -2.30. The molecule has 0 aliphatic carbocycles. The number of ether oxygens (including phenoxy) is 1. The van der Waals surface area contributed by atoms with E-state index in [9.17, 15) is 4.79 Å². The second-order valence-corrected chi connectivity index (χ2v) is 7.71. The van der Waals surface area contributed by atoms with Crippen molar-refractivity contribution < 1.29 is 9.53 Å². The van der Waals surface area contributed by atoms with E-state index in [1.54, 1.807) is 10.9 Å². The van der Waals surface area contributed by atoms with E-state index in [4.69, 9.17) is 4.74 Å². The number of carbonyl (C=O) groups excluding carboxylic acids is 1. The van der Waals surface area contributed by atoms with Gasteiger partial charge in [0.2, 0.25) is 5.91 Å². The molecule has 2 aromatic rings. The number of rotatable bonds is 6. The second-order valence-electron chi connectivity index (χ2n) is 7.71. The predicted octanol–water partition coefficient (Wildman–Crippen LogP) is 2.68. The highest BCUT2D eigenvalue weighted by Crippen LogP contribution is 2.36. The Labute approximate surface area is 160 Å². The first-order valence-corrected chi connectivity index (χ1v) is 9.96. The maximum Gasteiger partial charge on any atom is 0.241 e. The molecule has 0 saturated carbocycles. The predicted molar refractivity (Wildman–Crippen MR) is 104 cm³/mol. The zero-order valence-corrected chi connectivity index (χ0v) is 16.0. The average molecular weight is 368 g/mol. The average Bonchev–Trinajstić information content (AvgIpc) is 3.09. The Morgan fingerprint density at radius 2 is 2.26 bits per heavy atom. The molecule has 1 aromatic carbocycles. The molecule has 2 aliphatic heterocycles. The molecule has 3 heterocycles. The van der Waals surface area contributed by atoms with Gasteiger partial charge in [-0.3, -0.25) is 9.48 Å². The zero-order valence-electron chi connectivity index (χ0n) is 16.0. The summed E-state index contributed by atoms with van der Waals surface area (Å²) in [5.74, 6) is 1.66. The summed E-state index contributed by atoms with van der Waals surface area (Å²) in [4.78, 5) is 14.9. The summed E-state index contributed by atoms with van der Waals surface area (Å²) in [6.45, 7) is 7.22. The van der Waals surface area contributed by atoms with Gasteiger partial charge in [0.15, 0.2) is 0 Å². The van der Waals surface area contributed by atoms with Gasteiger partial charge >= 0.3 is 0 Å². The second kappa shape index (κ2) is 8.13. The molecule has 4 rings (SSSR count). The van der Waals surface area contributed by atoms with Crippen LogP contribution in [0.5, 0.6) is 5.75 Å². The molecule has 144 valence electrons. The van der Waals surface area contributed by atoms with Crippen LogP contribution >= 0.6 is 0 Å². The van der Waals surface area contributed by atoms with Crippen molar-refractivity contribution in [2.45, 2.75) is 39.3 Å². The maximum atomic E-state index is 12.4. The summed E-state index contributed by atoms with van der Waals surface area (Å²) in [5, 5.41) is 7.46. The Hall–Kier alpha value is -2.34. The van der Waals surface area contributed by atoms with Gasteiger partial charge in [0.25, 0.3) is 0 Å². The smallest absolute Gasteiger partial charge is 0.241 e. The van der Waals surface area contributed by atoms with Gasteiger partial charge in [-0.2, -0.15) is 5.10 Å². The lowest BCUT2D eigenvalue weighted by molar-refractivity contribution is -0.121. The molecule has 0 bridgehead atoms. The Kier molecular flexibility index (Phi) is 5.43. The fraction of sp³-hybridized carbons (Fsp3) is 0.524. The molecule has 0 spiro atoms. The van der Waals surface area contributed by atoms with Gasteiger partial charge in [-0.15, -0.1) is 0 Å². The number of para-hydroxylation sites is 1. The molecule has 1 aromatic heterocycles. The van der Waals surface area contributed by atoms with Crippen LogP contribution in [0.25, 0.3) is 11.3 Å². The summed E-state index contributed by atoms with van der Waals surface area (Å²) >= 11 is 0. The van der Waals surface area contributed by atoms with Crippen molar-refractivity contribution in [1.82, 2.24) is 20.0 Å². The van der Waals surface area contributed by atoms with Crippen molar-refractivity contribution in [2.75, 3.05) is 26.2 Å². The van der Waals surface area contributed by atoms with E-state index in [1.807, 2.05) is 24.3 Å². The van der Waals surface area contributed by atoms with Gasteiger partial charge in [0.05, 0.1) is 11.9 Å². The third-order valence-corrected chi connectivity index (χ3v) is 5.45. The van der Waals surface area contributed by atoms with Gasteiger partial charge in [-0.1, -0.05) is 19.1 Å². The standard InChI is InChI=1S/C21H28N4O2/c1-16-6-4-10-24(13-16)11-5-9-22-20(26)14-25-21-17(12-23-25)15-27-19-8-3-2-7-18(19)21/h2-3,7-8,12,16H,4-6,9-11,13-15H2,1H3,(H,22,26). The first kappa shape index (κ1) is 18.0. The normalized spacial score (nSPS) is 19.1. The van der Waals surface area contributed by atoms with E-state index in [2.05, 4.69) is 22.2 Å². The molecule has 1 saturated heterocycles. The van der Waals surface area contributed by atoms with E-state index >= 15 is 0 Å². The van der Waals surface area contributed by atoms with E-state index in [1.165, 1.54) is 25.9 Å². The number of carbonyl (C=O) groups is 1. The Balaban J connectivity index is 1.29. The molecule has 6 heteroatoms. The van der Waals surface area contributed by atoms with E-state index in [0.717, 1.165) is 41.5 Å². The fourth-order valence-electron chi connectivity index (χ4n) is 4.12. The monoisotopic (exact) mass is 368 g/mol. The van der Waals surface area contributed by atoms with Crippen LogP contribution in [0.3, 0.4) is 0 Å². The maximum absolute atomic E-state index is 12.4. The number of piperidine rings is 1. The lowest BCUT2D eigenvalue weighted by Crippen LogP contribution is -2.37. The van der Waals surface area contributed by atoms with Crippen molar-refractivity contribution in [3.8, 4) is 17.0 Å². The lowest BCUT2D eigenvalue weighted by atomic mass is 10.0. The number of aromatic nitrogens is 2. The van der Waals surface area contributed by atoms with Gasteiger partial charge in [-0.25, -0.2) is 0 Å². The van der Waals surface area contributed by atoms with Crippen LogP contribution in [-0.2, 0) is 17.9 Å². The zero-order chi connectivity index (χ0) is 18.6. The quantitative estimate of drug-likeness (QED) is 0.797. The van der Waals surface area contributed by atoms with Crippen LogP contribution in [-0.4, -0.2) is 46.8 Å². The van der Waals surface area contributed by atoms with E-state index < -0.39 is 0 Å². The summed E-state index contributed by atoms with van der Waals surface area (Å²) in [6.07, 6.45) is 5.43. The van der Waals surface area contributed by atoms with Crippen LogP contribution < -0.4 is 10.1 Å². The first-order chi connectivity index (χ1) is 13.2. The molecule has 1 N–H and O–H groups in total. The molecular formula is C21H28N4O2. The number of fused-ring (bicyclic) bond motifs is 3. The van der Waals surface area contributed by atoms with Crippen LogP contribution in [0.15, 0.2) is 30.5 Å². The molecule has 1 fully saturated rings. The van der Waals surface area contributed by atoms with Crippen molar-refractivity contribution >= 4 is 5.91 Å². The molecule has 1 amide bonds. The Morgan fingerprint density at radius 3 is 3.15 bits per heavy atom. The minimum absolute atomic E-state index is 0.0110. The van der Waals surface area contributed by atoms with E-state index in [0.29, 0.717) is 13.2 Å². The van der Waals surface area contributed by atoms with Crippen LogP contribution in [0.4, 0.5) is 0 Å². The summed E-state index contributed by atoms with van der Waals surface area (Å²) < 4.78 is 7.54. The first-order valence-electron chi connectivity index (χ1n) is 9.96. The third-order valence-electron chi connectivity index (χ3n) is 5.45. The molecule has 2 aliphatic rings. The Morgan fingerprint density at radius 1 is 1.37 bits per heavy atom. The Bertz CT molecular complexity index is 801. The number of likely N-dealkylation sites (tertiary alicyclic amines) is 1. The summed E-state index contributed by atoms with van der Waals surface area (Å²) in [7, 11) is 0. The number of hydrogen-bond acceptors (Lipinski definition) is 4. The molecule has 27 heavy (non-hydrogen) atoms. The van der Waals surface area contributed by atoms with Gasteiger partial charge in [0.1, 0.15) is 18.9 Å². The minimum Gasteiger partial charge on any atom is -0.488 e. The largest absolute Gasteiger partial charge is 0.488 e. The highest BCUT2D eigenvalue weighted by Gasteiger charge is 2.22. The SMILES string of the molecule is CC1CCCN(CCCNC(=O)Cn2ncc3c2-c2ccccc2OC3)C1. The number of nitrogens with zero attached hydrogens (tertiary/aromatic N) is 3.